The van der Waals surface area contributed by atoms with E-state index in [9.17, 15) is 0 Å². The molecule has 0 aliphatic rings. The van der Waals surface area contributed by atoms with Gasteiger partial charge in [-0.25, -0.2) is 0 Å². The number of aromatic nitrogens is 1. The van der Waals surface area contributed by atoms with Crippen LogP contribution < -0.4 is 0 Å². The van der Waals surface area contributed by atoms with Crippen LogP contribution >= 0.6 is 0 Å². The summed E-state index contributed by atoms with van der Waals surface area (Å²) in [4.78, 5) is 0. The van der Waals surface area contributed by atoms with E-state index < -0.39 is 0 Å². The SMILES string of the molecule is c1ccc2c(-c3ccc(-c4ccc5c(c4)c4ccccc4n5-c4ccc(-c5cccc6ccccc56)cc4)cc3)cccc2c1. The third kappa shape index (κ3) is 4.24. The van der Waals surface area contributed by atoms with E-state index in [1.807, 2.05) is 0 Å². The summed E-state index contributed by atoms with van der Waals surface area (Å²) in [7, 11) is 0. The summed E-state index contributed by atoms with van der Waals surface area (Å²) >= 11 is 0. The molecule has 0 N–H and O–H groups in total. The second kappa shape index (κ2) is 10.4. The molecule has 0 saturated heterocycles. The van der Waals surface area contributed by atoms with Crippen molar-refractivity contribution in [1.82, 2.24) is 4.57 Å². The number of hydrogen-bond acceptors (Lipinski definition) is 0. The van der Waals surface area contributed by atoms with E-state index in [1.54, 1.807) is 0 Å². The summed E-state index contributed by atoms with van der Waals surface area (Å²) in [5.74, 6) is 0. The molecule has 1 heterocycles. The Hall–Kier alpha value is -5.92. The first kappa shape index (κ1) is 25.6. The molecule has 0 unspecified atom stereocenters. The van der Waals surface area contributed by atoms with E-state index in [0.29, 0.717) is 0 Å². The van der Waals surface area contributed by atoms with Crippen LogP contribution in [-0.2, 0) is 0 Å². The van der Waals surface area contributed by atoms with Gasteiger partial charge in [0.2, 0.25) is 0 Å². The average Bonchev–Trinajstić information content (AvgIpc) is 3.45. The third-order valence-corrected chi connectivity index (χ3v) is 9.22. The summed E-state index contributed by atoms with van der Waals surface area (Å²) in [5.41, 5.74) is 11.0. The molecule has 9 rings (SSSR count). The van der Waals surface area contributed by atoms with Gasteiger partial charge in [0.1, 0.15) is 0 Å². The molecule has 1 nitrogen and oxygen atoms in total. The Morgan fingerprint density at radius 2 is 0.756 bits per heavy atom. The molecule has 1 heteroatoms. The third-order valence-electron chi connectivity index (χ3n) is 9.22. The van der Waals surface area contributed by atoms with Crippen molar-refractivity contribution in [2.45, 2.75) is 0 Å². The largest absolute Gasteiger partial charge is 0.309 e. The standard InChI is InChI=1S/C44H29N/c1-3-13-37-31(9-1)11-7-16-39(37)33-21-19-30(20-22-33)35-25-28-44-42(29-35)41-15-5-6-18-43(41)45(44)36-26-23-34(24-27-36)40-17-8-12-32-10-2-4-14-38(32)40/h1-29H. The zero-order chi connectivity index (χ0) is 29.7. The Kier molecular flexibility index (Phi) is 5.89. The summed E-state index contributed by atoms with van der Waals surface area (Å²) in [6.07, 6.45) is 0. The number of rotatable bonds is 4. The molecule has 8 aromatic carbocycles. The number of nitrogens with zero attached hydrogens (tertiary/aromatic N) is 1. The van der Waals surface area contributed by atoms with Gasteiger partial charge in [-0.05, 0) is 85.3 Å². The second-order valence-electron chi connectivity index (χ2n) is 11.8. The summed E-state index contributed by atoms with van der Waals surface area (Å²) in [5, 5.41) is 7.62. The highest BCUT2D eigenvalue weighted by Crippen LogP contribution is 2.37. The van der Waals surface area contributed by atoms with Gasteiger partial charge in [0, 0.05) is 16.5 Å². The quantitative estimate of drug-likeness (QED) is 0.198. The zero-order valence-corrected chi connectivity index (χ0v) is 24.7. The number of fused-ring (bicyclic) bond motifs is 5. The van der Waals surface area contributed by atoms with Gasteiger partial charge in [0.15, 0.2) is 0 Å². The van der Waals surface area contributed by atoms with Gasteiger partial charge in [-0.1, -0.05) is 146 Å². The van der Waals surface area contributed by atoms with E-state index in [-0.39, 0.29) is 0 Å². The molecule has 0 spiro atoms. The lowest BCUT2D eigenvalue weighted by Gasteiger charge is -2.11. The van der Waals surface area contributed by atoms with E-state index in [2.05, 4.69) is 180 Å². The lowest BCUT2D eigenvalue weighted by molar-refractivity contribution is 1.18. The van der Waals surface area contributed by atoms with Crippen molar-refractivity contribution in [3.8, 4) is 39.1 Å². The second-order valence-corrected chi connectivity index (χ2v) is 11.8. The van der Waals surface area contributed by atoms with Crippen molar-refractivity contribution in [2.24, 2.45) is 0 Å². The summed E-state index contributed by atoms with van der Waals surface area (Å²) in [6, 6.07) is 64.0. The first-order chi connectivity index (χ1) is 22.3. The Bertz CT molecular complexity index is 2500. The Morgan fingerprint density at radius 1 is 0.289 bits per heavy atom. The molecule has 0 radical (unpaired) electrons. The maximum Gasteiger partial charge on any atom is 0.0541 e. The Balaban J connectivity index is 1.12. The van der Waals surface area contributed by atoms with Crippen molar-refractivity contribution in [1.29, 1.82) is 0 Å². The van der Waals surface area contributed by atoms with E-state index in [0.717, 1.165) is 5.69 Å². The smallest absolute Gasteiger partial charge is 0.0541 e. The first-order valence-corrected chi connectivity index (χ1v) is 15.5. The van der Waals surface area contributed by atoms with Gasteiger partial charge in [-0.2, -0.15) is 0 Å². The molecule has 0 atom stereocenters. The van der Waals surface area contributed by atoms with Crippen LogP contribution in [0.4, 0.5) is 0 Å². The maximum absolute atomic E-state index is 2.39. The van der Waals surface area contributed by atoms with Crippen molar-refractivity contribution in [3.63, 3.8) is 0 Å². The molecule has 0 aliphatic heterocycles. The van der Waals surface area contributed by atoms with E-state index >= 15 is 0 Å². The normalized spacial score (nSPS) is 11.6. The van der Waals surface area contributed by atoms with Crippen LogP contribution in [0.1, 0.15) is 0 Å². The molecule has 0 fully saturated rings. The first-order valence-electron chi connectivity index (χ1n) is 15.5. The summed E-state index contributed by atoms with van der Waals surface area (Å²) in [6.45, 7) is 0. The Morgan fingerprint density at radius 3 is 1.40 bits per heavy atom. The highest BCUT2D eigenvalue weighted by atomic mass is 15.0. The average molecular weight is 572 g/mol. The molecular weight excluding hydrogens is 542 g/mol. The van der Waals surface area contributed by atoms with Gasteiger partial charge in [0.25, 0.3) is 0 Å². The van der Waals surface area contributed by atoms with Crippen LogP contribution in [0.15, 0.2) is 176 Å². The molecule has 210 valence electrons. The topological polar surface area (TPSA) is 4.93 Å². The Labute approximate surface area is 262 Å². The number of hydrogen-bond donors (Lipinski definition) is 0. The van der Waals surface area contributed by atoms with Crippen LogP contribution in [0.2, 0.25) is 0 Å². The molecular formula is C44H29N. The molecule has 0 amide bonds. The van der Waals surface area contributed by atoms with Crippen LogP contribution in [-0.4, -0.2) is 4.57 Å². The fourth-order valence-electron chi connectivity index (χ4n) is 7.02. The van der Waals surface area contributed by atoms with Crippen LogP contribution in [0.5, 0.6) is 0 Å². The minimum absolute atomic E-state index is 1.16. The molecule has 1 aromatic heterocycles. The molecule has 0 aliphatic carbocycles. The number of para-hydroxylation sites is 1. The summed E-state index contributed by atoms with van der Waals surface area (Å²) < 4.78 is 2.39. The molecule has 0 bridgehead atoms. The van der Waals surface area contributed by atoms with Gasteiger partial charge >= 0.3 is 0 Å². The van der Waals surface area contributed by atoms with E-state index in [4.69, 9.17) is 0 Å². The van der Waals surface area contributed by atoms with Gasteiger partial charge in [0.05, 0.1) is 11.0 Å². The van der Waals surface area contributed by atoms with Gasteiger partial charge in [-0.15, -0.1) is 0 Å². The van der Waals surface area contributed by atoms with Crippen LogP contribution in [0.3, 0.4) is 0 Å². The zero-order valence-electron chi connectivity index (χ0n) is 24.7. The predicted octanol–water partition coefficient (Wildman–Crippen LogP) is 12.1. The van der Waals surface area contributed by atoms with Gasteiger partial charge in [-0.3, -0.25) is 0 Å². The van der Waals surface area contributed by atoms with Crippen molar-refractivity contribution >= 4 is 43.4 Å². The molecule has 9 aromatic rings. The fraction of sp³-hybridized carbons (Fsp3) is 0. The van der Waals surface area contributed by atoms with Crippen LogP contribution in [0.25, 0.3) is 82.4 Å². The van der Waals surface area contributed by atoms with Crippen molar-refractivity contribution < 1.29 is 0 Å². The van der Waals surface area contributed by atoms with Gasteiger partial charge < -0.3 is 4.57 Å². The fourth-order valence-corrected chi connectivity index (χ4v) is 7.02. The van der Waals surface area contributed by atoms with Crippen LogP contribution in [0, 0.1) is 0 Å². The highest BCUT2D eigenvalue weighted by Gasteiger charge is 2.14. The minimum atomic E-state index is 1.16. The highest BCUT2D eigenvalue weighted by molar-refractivity contribution is 6.10. The number of benzene rings is 8. The minimum Gasteiger partial charge on any atom is -0.309 e. The van der Waals surface area contributed by atoms with Crippen molar-refractivity contribution in [3.05, 3.63) is 176 Å². The monoisotopic (exact) mass is 571 g/mol. The van der Waals surface area contributed by atoms with Crippen molar-refractivity contribution in [2.75, 3.05) is 0 Å². The molecule has 0 saturated carbocycles. The van der Waals surface area contributed by atoms with E-state index in [1.165, 1.54) is 76.7 Å². The lowest BCUT2D eigenvalue weighted by Crippen LogP contribution is -1.94. The lowest BCUT2D eigenvalue weighted by atomic mass is 9.96. The molecule has 45 heavy (non-hydrogen) atoms. The maximum atomic E-state index is 2.39. The predicted molar refractivity (Wildman–Crippen MR) is 192 cm³/mol.